The monoisotopic (exact) mass is 1160 g/mol. The van der Waals surface area contributed by atoms with E-state index < -0.39 is 8.32 Å². The SMILES string of the molecule is COc1cc(NC(=O)N(C)[C@@H](CCN2CC(Oc3ccc(Cl)cc3)C2)CO[Si](c2ccccc2)(c2ccccc2)C(C)(C)C)cc(OC)c1.COc1cc(OC)cc(N(C)C(=O)N[C@H](CO)CCN2CC(Oc3ccc(Cl)cc3)C2)c1. The molecule has 6 aromatic carbocycles. The van der Waals surface area contributed by atoms with E-state index >= 15 is 0 Å². The molecule has 4 amide bonds. The molecule has 0 bridgehead atoms. The second-order valence-corrected chi connectivity index (χ2v) is 26.4. The van der Waals surface area contributed by atoms with E-state index in [1.54, 1.807) is 88.9 Å². The first-order chi connectivity index (χ1) is 38.9. The highest BCUT2D eigenvalue weighted by Crippen LogP contribution is 2.37. The van der Waals surface area contributed by atoms with Crippen molar-refractivity contribution >= 4 is 65.3 Å². The number of amides is 4. The van der Waals surface area contributed by atoms with Gasteiger partial charge in [0.15, 0.2) is 0 Å². The quantitative estimate of drug-likeness (QED) is 0.0494. The molecule has 2 saturated heterocycles. The van der Waals surface area contributed by atoms with Gasteiger partial charge in [-0.1, -0.05) is 105 Å². The summed E-state index contributed by atoms with van der Waals surface area (Å²) in [5.74, 6) is 3.98. The lowest BCUT2D eigenvalue weighted by molar-refractivity contribution is 0.0140. The van der Waals surface area contributed by atoms with Gasteiger partial charge in [0.2, 0.25) is 0 Å². The Morgan fingerprint density at radius 1 is 0.617 bits per heavy atom. The van der Waals surface area contributed by atoms with Gasteiger partial charge in [-0.05, 0) is 76.8 Å². The number of likely N-dealkylation sites (N-methyl/N-ethyl adjacent to an activating group) is 1. The Balaban J connectivity index is 0.000000256. The van der Waals surface area contributed by atoms with Crippen molar-refractivity contribution in [2.75, 3.05) is 105 Å². The van der Waals surface area contributed by atoms with Crippen molar-refractivity contribution in [3.63, 3.8) is 0 Å². The predicted molar refractivity (Wildman–Crippen MR) is 325 cm³/mol. The third-order valence-corrected chi connectivity index (χ3v) is 20.1. The summed E-state index contributed by atoms with van der Waals surface area (Å²) in [7, 11) is 6.96. The van der Waals surface area contributed by atoms with E-state index in [1.807, 2.05) is 55.6 Å². The van der Waals surface area contributed by atoms with Crippen LogP contribution in [0.5, 0.6) is 34.5 Å². The standard InChI is InChI=1S/C39H48ClN3O5Si.C23H30ClN3O5/c1-39(2,3)49(36-13-9-7-10-14-36,37-15-11-8-12-16-37)47-28-31(21-22-43-26-35(27-43)48-32-19-17-29(40)18-20-32)42(4)38(44)41-30-23-33(45-5)25-34(24-30)46-6;1-26(18-10-20(30-2)12-21(11-18)31-3)23(29)25-17(15-28)8-9-27-13-22(14-27)32-19-6-4-16(24)5-7-19/h7-20,23-25,31,35H,21-22,26-28H2,1-6H3,(H,41,44);4-7,10-12,17,22,28H,8-9,13-15H2,1-3H3,(H,25,29)/t31-;17-/m00/s1. The topological polar surface area (TPSA) is 156 Å². The van der Waals surface area contributed by atoms with Gasteiger partial charge >= 0.3 is 12.1 Å². The number of halogens is 2. The van der Waals surface area contributed by atoms with Crippen molar-refractivity contribution in [3.8, 4) is 34.5 Å². The number of likely N-dealkylation sites (tertiary alicyclic amines) is 2. The molecule has 2 heterocycles. The summed E-state index contributed by atoms with van der Waals surface area (Å²) in [5.41, 5.74) is 1.21. The van der Waals surface area contributed by atoms with Crippen LogP contribution in [-0.2, 0) is 4.43 Å². The number of hydrogen-bond acceptors (Lipinski definition) is 12. The number of nitrogens with zero attached hydrogens (tertiary/aromatic N) is 4. The van der Waals surface area contributed by atoms with Crippen molar-refractivity contribution in [1.29, 1.82) is 0 Å². The summed E-state index contributed by atoms with van der Waals surface area (Å²) in [6.07, 6.45) is 1.59. The average molecular weight is 1170 g/mol. The maximum Gasteiger partial charge on any atom is 0.321 e. The number of ether oxygens (including phenoxy) is 6. The molecule has 0 unspecified atom stereocenters. The number of aliphatic hydroxyl groups excluding tert-OH is 1. The largest absolute Gasteiger partial charge is 0.497 e. The molecule has 0 radical (unpaired) electrons. The molecule has 0 spiro atoms. The van der Waals surface area contributed by atoms with Gasteiger partial charge in [0.1, 0.15) is 46.7 Å². The summed E-state index contributed by atoms with van der Waals surface area (Å²) < 4.78 is 40.8. The Hall–Kier alpha value is -6.70. The number of anilines is 2. The normalized spacial score (nSPS) is 14.6. The molecule has 0 saturated carbocycles. The number of hydrogen-bond donors (Lipinski definition) is 3. The Morgan fingerprint density at radius 3 is 1.47 bits per heavy atom. The van der Waals surface area contributed by atoms with Crippen LogP contribution in [0, 0.1) is 0 Å². The Kier molecular flexibility index (Phi) is 22.4. The molecular weight excluding hydrogens is 1090 g/mol. The maximum absolute atomic E-state index is 13.9. The fraction of sp³-hybridized carbons (Fsp3) is 0.387. The first kappa shape index (κ1) is 61.9. The van der Waals surface area contributed by atoms with E-state index in [9.17, 15) is 14.7 Å². The fourth-order valence-electron chi connectivity index (χ4n) is 9.85. The van der Waals surface area contributed by atoms with E-state index in [-0.39, 0.29) is 48.0 Å². The second kappa shape index (κ2) is 29.3. The smallest absolute Gasteiger partial charge is 0.321 e. The molecule has 6 aromatic rings. The maximum atomic E-state index is 13.9. The van der Waals surface area contributed by atoms with Crippen LogP contribution < -0.4 is 54.3 Å². The lowest BCUT2D eigenvalue weighted by Gasteiger charge is -2.45. The number of carbonyl (C=O) groups excluding carboxylic acids is 2. The minimum Gasteiger partial charge on any atom is -0.497 e. The molecule has 0 aliphatic carbocycles. The molecule has 19 heteroatoms. The average Bonchev–Trinajstić information content (AvgIpc) is 3.49. The van der Waals surface area contributed by atoms with Gasteiger partial charge in [-0.25, -0.2) is 9.59 Å². The summed E-state index contributed by atoms with van der Waals surface area (Å²) >= 11 is 11.9. The molecule has 16 nitrogen and oxygen atoms in total. The summed E-state index contributed by atoms with van der Waals surface area (Å²) in [6, 6.07) is 45.4. The van der Waals surface area contributed by atoms with Crippen molar-refractivity contribution in [2.45, 2.75) is 62.9 Å². The second-order valence-electron chi connectivity index (χ2n) is 21.2. The van der Waals surface area contributed by atoms with Crippen LogP contribution >= 0.6 is 23.2 Å². The number of rotatable bonds is 24. The number of nitrogens with one attached hydrogen (secondary N) is 2. The number of carbonyl (C=O) groups is 2. The van der Waals surface area contributed by atoms with Crippen LogP contribution in [0.1, 0.15) is 33.6 Å². The van der Waals surface area contributed by atoms with Crippen LogP contribution in [0.2, 0.25) is 15.1 Å². The van der Waals surface area contributed by atoms with E-state index in [0.29, 0.717) is 57.4 Å². The van der Waals surface area contributed by atoms with Gasteiger partial charge < -0.3 is 53.5 Å². The minimum atomic E-state index is -2.83. The molecule has 8 rings (SSSR count). The van der Waals surface area contributed by atoms with E-state index in [1.165, 1.54) is 15.3 Å². The molecule has 3 N–H and O–H groups in total. The Morgan fingerprint density at radius 2 is 1.05 bits per heavy atom. The third kappa shape index (κ3) is 16.9. The Labute approximate surface area is 488 Å². The number of benzene rings is 6. The van der Waals surface area contributed by atoms with Crippen LogP contribution in [0.4, 0.5) is 21.0 Å². The summed E-state index contributed by atoms with van der Waals surface area (Å²) in [4.78, 5) is 34.4. The first-order valence-electron chi connectivity index (χ1n) is 27.1. The summed E-state index contributed by atoms with van der Waals surface area (Å²) in [5, 5.41) is 19.3. The zero-order chi connectivity index (χ0) is 58.1. The van der Waals surface area contributed by atoms with Crippen LogP contribution in [-0.4, -0.2) is 159 Å². The molecule has 81 heavy (non-hydrogen) atoms. The third-order valence-electron chi connectivity index (χ3n) is 14.6. The lowest BCUT2D eigenvalue weighted by Crippen LogP contribution is -2.67. The molecule has 2 aliphatic heterocycles. The van der Waals surface area contributed by atoms with Crippen LogP contribution in [0.25, 0.3) is 0 Å². The van der Waals surface area contributed by atoms with Crippen molar-refractivity contribution in [3.05, 3.63) is 156 Å². The summed E-state index contributed by atoms with van der Waals surface area (Å²) in [6.45, 7) is 11.8. The zero-order valence-corrected chi connectivity index (χ0v) is 50.4. The van der Waals surface area contributed by atoms with Gasteiger partial charge in [-0.3, -0.25) is 14.7 Å². The zero-order valence-electron chi connectivity index (χ0n) is 47.9. The fourth-order valence-corrected chi connectivity index (χ4v) is 14.7. The van der Waals surface area contributed by atoms with Crippen molar-refractivity contribution in [2.24, 2.45) is 0 Å². The van der Waals surface area contributed by atoms with Crippen LogP contribution in [0.3, 0.4) is 0 Å². The minimum absolute atomic E-state index is 0.108. The number of urea groups is 2. The van der Waals surface area contributed by atoms with Gasteiger partial charge in [0.05, 0.1) is 59.4 Å². The van der Waals surface area contributed by atoms with E-state index in [2.05, 4.69) is 89.7 Å². The molecule has 0 aromatic heterocycles. The highest BCUT2D eigenvalue weighted by molar-refractivity contribution is 6.99. The number of methoxy groups -OCH3 is 4. The Bertz CT molecular complexity index is 2830. The molecule has 2 fully saturated rings. The van der Waals surface area contributed by atoms with E-state index in [0.717, 1.165) is 57.2 Å². The van der Waals surface area contributed by atoms with Gasteiger partial charge in [0.25, 0.3) is 8.32 Å². The highest BCUT2D eigenvalue weighted by atomic mass is 35.5. The number of aliphatic hydroxyl groups is 1. The van der Waals surface area contributed by atoms with Gasteiger partial charge in [0, 0.05) is 105 Å². The molecule has 2 aliphatic rings. The molecular formula is C62H78Cl2N6O10Si. The molecule has 434 valence electrons. The predicted octanol–water partition coefficient (Wildman–Crippen LogP) is 9.94. The van der Waals surface area contributed by atoms with Crippen molar-refractivity contribution < 1.29 is 47.5 Å². The highest BCUT2D eigenvalue weighted by Gasteiger charge is 2.50. The first-order valence-corrected chi connectivity index (χ1v) is 29.8. The van der Waals surface area contributed by atoms with Crippen LogP contribution in [0.15, 0.2) is 146 Å². The van der Waals surface area contributed by atoms with Crippen molar-refractivity contribution in [1.82, 2.24) is 20.0 Å². The van der Waals surface area contributed by atoms with E-state index in [4.69, 9.17) is 56.0 Å². The molecule has 2 atom stereocenters. The van der Waals surface area contributed by atoms with Gasteiger partial charge in [-0.2, -0.15) is 0 Å². The lowest BCUT2D eigenvalue weighted by atomic mass is 10.1. The van der Waals surface area contributed by atoms with Gasteiger partial charge in [-0.15, -0.1) is 0 Å².